The lowest BCUT2D eigenvalue weighted by Gasteiger charge is -2.05. The van der Waals surface area contributed by atoms with Crippen LogP contribution in [0.2, 0.25) is 0 Å². The molecule has 19 heavy (non-hydrogen) atoms. The van der Waals surface area contributed by atoms with Gasteiger partial charge in [-0.1, -0.05) is 36.8 Å². The number of hydrogen-bond donors (Lipinski definition) is 1. The number of benzene rings is 1. The summed E-state index contributed by atoms with van der Waals surface area (Å²) in [5, 5.41) is 0. The van der Waals surface area contributed by atoms with Gasteiger partial charge >= 0.3 is 0 Å². The summed E-state index contributed by atoms with van der Waals surface area (Å²) in [6, 6.07) is 11.4. The van der Waals surface area contributed by atoms with Crippen molar-refractivity contribution in [3.8, 4) is 0 Å². The van der Waals surface area contributed by atoms with E-state index in [-0.39, 0.29) is 0 Å². The fourth-order valence-electron chi connectivity index (χ4n) is 1.76. The molecule has 0 aliphatic carbocycles. The number of thiophene rings is 1. The molecule has 0 aliphatic rings. The third-order valence-electron chi connectivity index (χ3n) is 2.80. The van der Waals surface area contributed by atoms with Crippen LogP contribution in [0.15, 0.2) is 40.6 Å². The van der Waals surface area contributed by atoms with Crippen LogP contribution >= 0.6 is 11.3 Å². The Morgan fingerprint density at radius 2 is 2.00 bits per heavy atom. The first-order chi connectivity index (χ1) is 9.01. The Labute approximate surface area is 118 Å². The van der Waals surface area contributed by atoms with Crippen molar-refractivity contribution in [2.75, 3.05) is 0 Å². The molecule has 0 amide bonds. The van der Waals surface area contributed by atoms with Crippen LogP contribution in [0.1, 0.15) is 22.9 Å². The van der Waals surface area contributed by atoms with Crippen molar-refractivity contribution in [1.29, 1.82) is 0 Å². The molecule has 0 spiro atoms. The largest absolute Gasteiger partial charge is 0.250 e. The van der Waals surface area contributed by atoms with Crippen molar-refractivity contribution in [1.82, 2.24) is 4.72 Å². The molecule has 2 rings (SSSR count). The third-order valence-corrected chi connectivity index (χ3v) is 5.92. The summed E-state index contributed by atoms with van der Waals surface area (Å²) in [6.07, 6.45) is 0.859. The standard InChI is InChI=1S/C14H17NO2S2/c1-3-13-7-8-14(18-13)19(16,17)15-10-12-6-4-5-11(2)9-12/h4-9,15H,3,10H2,1-2H3. The molecule has 1 heterocycles. The molecule has 0 radical (unpaired) electrons. The van der Waals surface area contributed by atoms with E-state index in [9.17, 15) is 8.42 Å². The van der Waals surface area contributed by atoms with Crippen molar-refractivity contribution in [2.45, 2.75) is 31.0 Å². The van der Waals surface area contributed by atoms with E-state index < -0.39 is 10.0 Å². The summed E-state index contributed by atoms with van der Waals surface area (Å²) in [5.74, 6) is 0. The minimum atomic E-state index is -3.39. The third kappa shape index (κ3) is 3.65. The predicted octanol–water partition coefficient (Wildman–Crippen LogP) is 3.10. The van der Waals surface area contributed by atoms with E-state index >= 15 is 0 Å². The van der Waals surface area contributed by atoms with Crippen molar-refractivity contribution in [2.24, 2.45) is 0 Å². The smallest absolute Gasteiger partial charge is 0.206 e. The van der Waals surface area contributed by atoms with Crippen molar-refractivity contribution in [3.05, 3.63) is 52.4 Å². The highest BCUT2D eigenvalue weighted by atomic mass is 32.2. The van der Waals surface area contributed by atoms with Crippen LogP contribution in [0, 0.1) is 6.92 Å². The number of aryl methyl sites for hydroxylation is 2. The average Bonchev–Trinajstić information content (AvgIpc) is 2.86. The first kappa shape index (κ1) is 14.2. The summed E-state index contributed by atoms with van der Waals surface area (Å²) in [7, 11) is -3.39. The van der Waals surface area contributed by atoms with E-state index in [0.29, 0.717) is 10.8 Å². The average molecular weight is 295 g/mol. The van der Waals surface area contributed by atoms with Gasteiger partial charge in [0.15, 0.2) is 0 Å². The van der Waals surface area contributed by atoms with Gasteiger partial charge in [0.2, 0.25) is 10.0 Å². The van der Waals surface area contributed by atoms with E-state index in [2.05, 4.69) is 4.72 Å². The molecular formula is C14H17NO2S2. The Morgan fingerprint density at radius 1 is 1.21 bits per heavy atom. The predicted molar refractivity (Wildman–Crippen MR) is 78.9 cm³/mol. The van der Waals surface area contributed by atoms with E-state index in [1.807, 2.05) is 44.2 Å². The van der Waals surface area contributed by atoms with E-state index in [1.54, 1.807) is 6.07 Å². The zero-order chi connectivity index (χ0) is 13.9. The lowest BCUT2D eigenvalue weighted by atomic mass is 10.1. The second-order valence-corrected chi connectivity index (χ2v) is 7.55. The maximum atomic E-state index is 12.1. The Hall–Kier alpha value is -1.17. The minimum Gasteiger partial charge on any atom is -0.206 e. The van der Waals surface area contributed by atoms with Gasteiger partial charge in [-0.05, 0) is 31.0 Å². The molecule has 5 heteroatoms. The summed E-state index contributed by atoms with van der Waals surface area (Å²) in [5.41, 5.74) is 2.09. The molecule has 1 aromatic heterocycles. The summed E-state index contributed by atoms with van der Waals surface area (Å²) in [4.78, 5) is 1.08. The van der Waals surface area contributed by atoms with Gasteiger partial charge in [0.1, 0.15) is 4.21 Å². The maximum absolute atomic E-state index is 12.1. The zero-order valence-corrected chi connectivity index (χ0v) is 12.6. The van der Waals surface area contributed by atoms with E-state index in [0.717, 1.165) is 22.4 Å². The minimum absolute atomic E-state index is 0.323. The molecular weight excluding hydrogens is 278 g/mol. The summed E-state index contributed by atoms with van der Waals surface area (Å²) < 4.78 is 27.3. The Bertz CT molecular complexity index is 660. The number of rotatable bonds is 5. The fraction of sp³-hybridized carbons (Fsp3) is 0.286. The molecule has 0 bridgehead atoms. The molecule has 1 N–H and O–H groups in total. The number of sulfonamides is 1. The molecule has 0 unspecified atom stereocenters. The Kier molecular flexibility index (Phi) is 4.39. The summed E-state index contributed by atoms with van der Waals surface area (Å²) in [6.45, 7) is 4.33. The highest BCUT2D eigenvalue weighted by molar-refractivity contribution is 7.91. The van der Waals surface area contributed by atoms with Crippen LogP contribution in [-0.4, -0.2) is 8.42 Å². The van der Waals surface area contributed by atoms with E-state index in [4.69, 9.17) is 0 Å². The SMILES string of the molecule is CCc1ccc(S(=O)(=O)NCc2cccc(C)c2)s1. The molecule has 0 aliphatic heterocycles. The highest BCUT2D eigenvalue weighted by Gasteiger charge is 2.16. The Morgan fingerprint density at radius 3 is 2.63 bits per heavy atom. The molecule has 2 aromatic rings. The first-order valence-corrected chi connectivity index (χ1v) is 8.45. The monoisotopic (exact) mass is 295 g/mol. The van der Waals surface area contributed by atoms with Crippen LogP contribution in [0.5, 0.6) is 0 Å². The van der Waals surface area contributed by atoms with Crippen LogP contribution in [0.4, 0.5) is 0 Å². The van der Waals surface area contributed by atoms with Gasteiger partial charge < -0.3 is 0 Å². The molecule has 0 fully saturated rings. The summed E-state index contributed by atoms with van der Waals surface area (Å²) >= 11 is 1.33. The number of nitrogens with one attached hydrogen (secondary N) is 1. The van der Waals surface area contributed by atoms with E-state index in [1.165, 1.54) is 11.3 Å². The van der Waals surface area contributed by atoms with Gasteiger partial charge in [-0.15, -0.1) is 11.3 Å². The molecule has 102 valence electrons. The van der Waals surface area contributed by atoms with Crippen LogP contribution < -0.4 is 4.72 Å². The van der Waals surface area contributed by atoms with Gasteiger partial charge in [-0.2, -0.15) is 0 Å². The first-order valence-electron chi connectivity index (χ1n) is 6.15. The van der Waals surface area contributed by atoms with Crippen molar-refractivity contribution in [3.63, 3.8) is 0 Å². The quantitative estimate of drug-likeness (QED) is 0.921. The normalized spacial score (nSPS) is 11.7. The molecule has 3 nitrogen and oxygen atoms in total. The Balaban J connectivity index is 2.09. The van der Waals surface area contributed by atoms with Gasteiger partial charge in [0.05, 0.1) is 0 Å². The van der Waals surface area contributed by atoms with Gasteiger partial charge in [0.25, 0.3) is 0 Å². The zero-order valence-electron chi connectivity index (χ0n) is 11.0. The van der Waals surface area contributed by atoms with Crippen LogP contribution in [0.3, 0.4) is 0 Å². The van der Waals surface area contributed by atoms with Crippen molar-refractivity contribution >= 4 is 21.4 Å². The second kappa shape index (κ2) is 5.86. The molecule has 0 saturated heterocycles. The van der Waals surface area contributed by atoms with Gasteiger partial charge in [-0.25, -0.2) is 13.1 Å². The molecule has 0 saturated carbocycles. The second-order valence-electron chi connectivity index (χ2n) is 4.39. The molecule has 0 atom stereocenters. The van der Waals surface area contributed by atoms with Gasteiger partial charge in [0, 0.05) is 11.4 Å². The maximum Gasteiger partial charge on any atom is 0.250 e. The fourth-order valence-corrected chi connectivity index (χ4v) is 4.12. The topological polar surface area (TPSA) is 46.2 Å². The lowest BCUT2D eigenvalue weighted by molar-refractivity contribution is 0.583. The van der Waals surface area contributed by atoms with Crippen LogP contribution in [-0.2, 0) is 23.0 Å². The molecule has 1 aromatic carbocycles. The van der Waals surface area contributed by atoms with Crippen LogP contribution in [0.25, 0.3) is 0 Å². The number of hydrogen-bond acceptors (Lipinski definition) is 3. The highest BCUT2D eigenvalue weighted by Crippen LogP contribution is 2.21. The van der Waals surface area contributed by atoms with Gasteiger partial charge in [-0.3, -0.25) is 0 Å². The van der Waals surface area contributed by atoms with Crippen molar-refractivity contribution < 1.29 is 8.42 Å². The lowest BCUT2D eigenvalue weighted by Crippen LogP contribution is -2.22.